The third-order valence-electron chi connectivity index (χ3n) is 4.39. The van der Waals surface area contributed by atoms with Gasteiger partial charge < -0.3 is 14.6 Å². The second-order valence-electron chi connectivity index (χ2n) is 6.32. The maximum absolute atomic E-state index is 6.11. The normalized spacial score (nSPS) is 16.4. The van der Waals surface area contributed by atoms with Gasteiger partial charge in [-0.15, -0.1) is 12.4 Å². The summed E-state index contributed by atoms with van der Waals surface area (Å²) in [7, 11) is 1.93. The van der Waals surface area contributed by atoms with E-state index < -0.39 is 0 Å². The van der Waals surface area contributed by atoms with E-state index in [2.05, 4.69) is 22.4 Å². The Balaban J connectivity index is 0.00000208. The molecule has 0 radical (unpaired) electrons. The van der Waals surface area contributed by atoms with E-state index in [9.17, 15) is 0 Å². The summed E-state index contributed by atoms with van der Waals surface area (Å²) in [5.74, 6) is 2.16. The number of aromatic nitrogens is 2. The number of likely N-dealkylation sites (N-methyl/N-ethyl adjacent to an activating group) is 1. The van der Waals surface area contributed by atoms with E-state index in [0.29, 0.717) is 18.0 Å². The summed E-state index contributed by atoms with van der Waals surface area (Å²) in [5.41, 5.74) is 0.911. The first kappa shape index (κ1) is 18.7. The SMILES string of the molecule is CNC(C)Cc1noc(-c2cccc(OC3CCCCC3)c2)n1.Cl. The fourth-order valence-corrected chi connectivity index (χ4v) is 2.91. The maximum atomic E-state index is 6.11. The molecule has 0 amide bonds. The van der Waals surface area contributed by atoms with E-state index in [1.807, 2.05) is 31.3 Å². The van der Waals surface area contributed by atoms with E-state index >= 15 is 0 Å². The lowest BCUT2D eigenvalue weighted by atomic mass is 9.98. The molecule has 0 saturated heterocycles. The molecule has 1 aliphatic rings. The molecule has 6 heteroatoms. The van der Waals surface area contributed by atoms with Gasteiger partial charge in [-0.3, -0.25) is 0 Å². The van der Waals surface area contributed by atoms with Crippen LogP contribution in [0.2, 0.25) is 0 Å². The molecule has 1 saturated carbocycles. The highest BCUT2D eigenvalue weighted by atomic mass is 35.5. The van der Waals surface area contributed by atoms with Gasteiger partial charge in [-0.05, 0) is 57.9 Å². The number of ether oxygens (including phenoxy) is 1. The zero-order chi connectivity index (χ0) is 16.1. The standard InChI is InChI=1S/C18H25N3O2.ClH/c1-13(19-2)11-17-20-18(23-21-17)14-7-6-10-16(12-14)22-15-8-4-3-5-9-15;/h6-7,10,12-13,15,19H,3-5,8-9,11H2,1-2H3;1H. The number of benzene rings is 1. The molecule has 5 nitrogen and oxygen atoms in total. The zero-order valence-electron chi connectivity index (χ0n) is 14.3. The molecule has 0 bridgehead atoms. The largest absolute Gasteiger partial charge is 0.490 e. The molecule has 0 spiro atoms. The van der Waals surface area contributed by atoms with E-state index in [1.54, 1.807) is 0 Å². The van der Waals surface area contributed by atoms with Crippen LogP contribution in [-0.2, 0) is 6.42 Å². The topological polar surface area (TPSA) is 60.2 Å². The lowest BCUT2D eigenvalue weighted by molar-refractivity contribution is 0.155. The second kappa shape index (κ2) is 9.04. The molecule has 0 aliphatic heterocycles. The summed E-state index contributed by atoms with van der Waals surface area (Å²) in [6, 6.07) is 8.27. The minimum absolute atomic E-state index is 0. The van der Waals surface area contributed by atoms with Crippen LogP contribution in [0.5, 0.6) is 5.75 Å². The van der Waals surface area contributed by atoms with Crippen molar-refractivity contribution in [1.29, 1.82) is 0 Å². The summed E-state index contributed by atoms with van der Waals surface area (Å²) in [5, 5.41) is 7.23. The van der Waals surface area contributed by atoms with Gasteiger partial charge in [-0.1, -0.05) is 17.6 Å². The third kappa shape index (κ3) is 4.95. The molecule has 1 fully saturated rings. The first-order chi connectivity index (χ1) is 11.2. The average molecular weight is 352 g/mol. The van der Waals surface area contributed by atoms with Crippen LogP contribution in [0.1, 0.15) is 44.9 Å². The van der Waals surface area contributed by atoms with Crippen LogP contribution in [0.15, 0.2) is 28.8 Å². The lowest BCUT2D eigenvalue weighted by Gasteiger charge is -2.23. The number of rotatable bonds is 6. The van der Waals surface area contributed by atoms with Gasteiger partial charge in [0.05, 0.1) is 6.10 Å². The molecule has 24 heavy (non-hydrogen) atoms. The van der Waals surface area contributed by atoms with Crippen LogP contribution in [0, 0.1) is 0 Å². The molecule has 1 aromatic carbocycles. The van der Waals surface area contributed by atoms with Gasteiger partial charge in [0.2, 0.25) is 0 Å². The Kier molecular flexibility index (Phi) is 7.06. The number of halogens is 1. The smallest absolute Gasteiger partial charge is 0.258 e. The lowest BCUT2D eigenvalue weighted by Crippen LogP contribution is -2.24. The Morgan fingerprint density at radius 3 is 2.83 bits per heavy atom. The predicted octanol–water partition coefficient (Wildman–Crippen LogP) is 4.02. The fraction of sp³-hybridized carbons (Fsp3) is 0.556. The number of hydrogen-bond acceptors (Lipinski definition) is 5. The van der Waals surface area contributed by atoms with Gasteiger partial charge in [0.15, 0.2) is 5.82 Å². The van der Waals surface area contributed by atoms with Crippen molar-refractivity contribution in [2.75, 3.05) is 7.05 Å². The van der Waals surface area contributed by atoms with Crippen LogP contribution in [0.4, 0.5) is 0 Å². The Hall–Kier alpha value is -1.59. The predicted molar refractivity (Wildman–Crippen MR) is 96.7 cm³/mol. The van der Waals surface area contributed by atoms with Crippen molar-refractivity contribution < 1.29 is 9.26 Å². The Morgan fingerprint density at radius 1 is 1.29 bits per heavy atom. The molecular formula is C18H26ClN3O2. The Morgan fingerprint density at radius 2 is 2.08 bits per heavy atom. The number of nitrogens with one attached hydrogen (secondary N) is 1. The molecule has 1 aliphatic carbocycles. The van der Waals surface area contributed by atoms with E-state index in [4.69, 9.17) is 9.26 Å². The highest BCUT2D eigenvalue weighted by molar-refractivity contribution is 5.85. The van der Waals surface area contributed by atoms with Crippen molar-refractivity contribution in [2.24, 2.45) is 0 Å². The van der Waals surface area contributed by atoms with Crippen LogP contribution in [0.25, 0.3) is 11.5 Å². The molecule has 1 N–H and O–H groups in total. The van der Waals surface area contributed by atoms with Gasteiger partial charge in [0, 0.05) is 18.0 Å². The molecule has 3 rings (SSSR count). The fourth-order valence-electron chi connectivity index (χ4n) is 2.91. The highest BCUT2D eigenvalue weighted by Crippen LogP contribution is 2.27. The van der Waals surface area contributed by atoms with Gasteiger partial charge >= 0.3 is 0 Å². The minimum Gasteiger partial charge on any atom is -0.490 e. The van der Waals surface area contributed by atoms with Crippen molar-refractivity contribution in [2.45, 2.75) is 57.6 Å². The van der Waals surface area contributed by atoms with Crippen LogP contribution < -0.4 is 10.1 Å². The van der Waals surface area contributed by atoms with Crippen LogP contribution in [-0.4, -0.2) is 29.3 Å². The molecule has 1 unspecified atom stereocenters. The van der Waals surface area contributed by atoms with E-state index in [0.717, 1.165) is 36.4 Å². The summed E-state index contributed by atoms with van der Waals surface area (Å²) >= 11 is 0. The molecular weight excluding hydrogens is 326 g/mol. The first-order valence-electron chi connectivity index (χ1n) is 8.51. The van der Waals surface area contributed by atoms with Crippen molar-refractivity contribution in [1.82, 2.24) is 15.5 Å². The summed E-state index contributed by atoms with van der Waals surface area (Å²) in [4.78, 5) is 4.48. The monoisotopic (exact) mass is 351 g/mol. The summed E-state index contributed by atoms with van der Waals surface area (Å²) in [6.07, 6.45) is 7.25. The summed E-state index contributed by atoms with van der Waals surface area (Å²) in [6.45, 7) is 2.09. The average Bonchev–Trinajstić information content (AvgIpc) is 3.04. The molecule has 1 aromatic heterocycles. The van der Waals surface area contributed by atoms with Crippen LogP contribution in [0.3, 0.4) is 0 Å². The quantitative estimate of drug-likeness (QED) is 0.851. The van der Waals surface area contributed by atoms with Gasteiger partial charge in [-0.25, -0.2) is 0 Å². The molecule has 1 heterocycles. The Labute approximate surface area is 149 Å². The van der Waals surface area contributed by atoms with Crippen molar-refractivity contribution >= 4 is 12.4 Å². The van der Waals surface area contributed by atoms with E-state index in [-0.39, 0.29) is 12.4 Å². The number of hydrogen-bond donors (Lipinski definition) is 1. The Bertz CT molecular complexity index is 626. The van der Waals surface area contributed by atoms with Crippen LogP contribution >= 0.6 is 12.4 Å². The van der Waals surface area contributed by atoms with E-state index in [1.165, 1.54) is 19.3 Å². The highest BCUT2D eigenvalue weighted by Gasteiger charge is 2.16. The second-order valence-corrected chi connectivity index (χ2v) is 6.32. The van der Waals surface area contributed by atoms with Crippen molar-refractivity contribution in [3.05, 3.63) is 30.1 Å². The molecule has 1 atom stereocenters. The van der Waals surface area contributed by atoms with Crippen molar-refractivity contribution in [3.8, 4) is 17.2 Å². The third-order valence-corrected chi connectivity index (χ3v) is 4.39. The number of nitrogens with zero attached hydrogens (tertiary/aromatic N) is 2. The molecule has 132 valence electrons. The van der Waals surface area contributed by atoms with Gasteiger partial charge in [0.1, 0.15) is 5.75 Å². The first-order valence-corrected chi connectivity index (χ1v) is 8.51. The van der Waals surface area contributed by atoms with Gasteiger partial charge in [0.25, 0.3) is 5.89 Å². The minimum atomic E-state index is 0. The van der Waals surface area contributed by atoms with Crippen molar-refractivity contribution in [3.63, 3.8) is 0 Å². The molecule has 2 aromatic rings. The zero-order valence-corrected chi connectivity index (χ0v) is 15.1. The summed E-state index contributed by atoms with van der Waals surface area (Å²) < 4.78 is 11.5. The maximum Gasteiger partial charge on any atom is 0.258 e. The van der Waals surface area contributed by atoms with Gasteiger partial charge in [-0.2, -0.15) is 4.98 Å².